The van der Waals surface area contributed by atoms with Crippen molar-refractivity contribution in [2.45, 2.75) is 71.8 Å². The van der Waals surface area contributed by atoms with E-state index in [1.54, 1.807) is 7.11 Å². The van der Waals surface area contributed by atoms with Gasteiger partial charge < -0.3 is 29.1 Å². The number of rotatable bonds is 16. The Morgan fingerprint density at radius 2 is 1.85 bits per heavy atom. The van der Waals surface area contributed by atoms with Crippen molar-refractivity contribution >= 4 is 11.9 Å². The maximum atomic E-state index is 13.8. The van der Waals surface area contributed by atoms with E-state index in [4.69, 9.17) is 14.2 Å². The molecule has 0 unspecified atom stereocenters. The Labute approximate surface area is 246 Å². The molecule has 1 saturated heterocycles. The zero-order valence-electron chi connectivity index (χ0n) is 26.1. The number of carbonyl (C=O) groups excluding carboxylic acids is 1. The molecule has 0 radical (unpaired) electrons. The van der Waals surface area contributed by atoms with E-state index in [0.717, 1.165) is 50.9 Å². The fraction of sp³-hybridized carbons (Fsp3) is 0.688. The fourth-order valence-corrected chi connectivity index (χ4v) is 6.22. The van der Waals surface area contributed by atoms with Crippen LogP contribution in [0.5, 0.6) is 17.2 Å². The lowest BCUT2D eigenvalue weighted by Gasteiger charge is -2.34. The van der Waals surface area contributed by atoms with Crippen LogP contribution in [0, 0.1) is 11.3 Å². The molecule has 0 saturated carbocycles. The van der Waals surface area contributed by atoms with Gasteiger partial charge in [0, 0.05) is 31.6 Å². The normalized spacial score (nSPS) is 20.7. The number of carboxylic acids is 1. The van der Waals surface area contributed by atoms with E-state index in [9.17, 15) is 14.7 Å². The highest BCUT2D eigenvalue weighted by molar-refractivity contribution is 5.79. The Hall–Kier alpha value is -2.78. The van der Waals surface area contributed by atoms with Crippen LogP contribution in [0.1, 0.15) is 71.3 Å². The quantitative estimate of drug-likeness (QED) is 0.222. The molecule has 41 heavy (non-hydrogen) atoms. The minimum Gasteiger partial charge on any atom is -0.493 e. The number of allylic oxidation sites excluding steroid dienone is 2. The molecule has 9 nitrogen and oxygen atoms in total. The molecule has 0 aromatic heterocycles. The van der Waals surface area contributed by atoms with Crippen molar-refractivity contribution < 1.29 is 28.9 Å². The standard InChI is InChI=1S/C32H51N3O6/c1-8-10-15-34(16-12-11-14-33(5)6)28(36)21-35-20-24(23-17-26(39-7)30-27(18-23)40-22-41-30)29(31(37)38)25(35)19-32(3,4)13-9-2/h9,13,17-18,24-25,29H,8,10-12,14-16,19-22H2,1-7H3,(H,37,38)/t24-,25+,29-/m1/s1. The third-order valence-corrected chi connectivity index (χ3v) is 8.25. The van der Waals surface area contributed by atoms with E-state index in [-0.39, 0.29) is 36.6 Å². The summed E-state index contributed by atoms with van der Waals surface area (Å²) in [5, 5.41) is 10.6. The molecule has 1 fully saturated rings. The minimum absolute atomic E-state index is 0.0743. The van der Waals surface area contributed by atoms with E-state index in [2.05, 4.69) is 50.7 Å². The highest BCUT2D eigenvalue weighted by Crippen LogP contribution is 2.48. The van der Waals surface area contributed by atoms with Crippen LogP contribution >= 0.6 is 0 Å². The maximum absolute atomic E-state index is 13.8. The smallest absolute Gasteiger partial charge is 0.308 e. The third kappa shape index (κ3) is 8.61. The van der Waals surface area contributed by atoms with Crippen LogP contribution in [-0.4, -0.2) is 98.4 Å². The Balaban J connectivity index is 1.92. The summed E-state index contributed by atoms with van der Waals surface area (Å²) < 4.78 is 16.8. The van der Waals surface area contributed by atoms with Crippen molar-refractivity contribution in [3.63, 3.8) is 0 Å². The van der Waals surface area contributed by atoms with E-state index < -0.39 is 11.9 Å². The van der Waals surface area contributed by atoms with Gasteiger partial charge in [-0.05, 0) is 76.4 Å². The van der Waals surface area contributed by atoms with Gasteiger partial charge in [-0.15, -0.1) is 0 Å². The van der Waals surface area contributed by atoms with Gasteiger partial charge in [0.2, 0.25) is 18.4 Å². The zero-order valence-corrected chi connectivity index (χ0v) is 26.1. The first kappa shape index (κ1) is 32.7. The molecule has 2 aliphatic heterocycles. The number of unbranched alkanes of at least 4 members (excludes halogenated alkanes) is 2. The first-order valence-electron chi connectivity index (χ1n) is 15.0. The largest absolute Gasteiger partial charge is 0.493 e. The Morgan fingerprint density at radius 1 is 1.15 bits per heavy atom. The average Bonchev–Trinajstić information content (AvgIpc) is 3.52. The molecule has 2 heterocycles. The van der Waals surface area contributed by atoms with Gasteiger partial charge in [0.05, 0.1) is 19.6 Å². The van der Waals surface area contributed by atoms with Crippen molar-refractivity contribution in [1.29, 1.82) is 0 Å². The topological polar surface area (TPSA) is 91.8 Å². The van der Waals surface area contributed by atoms with Gasteiger partial charge >= 0.3 is 5.97 Å². The van der Waals surface area contributed by atoms with Crippen LogP contribution in [0.4, 0.5) is 0 Å². The Kier molecular flexibility index (Phi) is 11.9. The molecule has 3 atom stereocenters. The number of amides is 1. The van der Waals surface area contributed by atoms with Crippen LogP contribution < -0.4 is 14.2 Å². The monoisotopic (exact) mass is 573 g/mol. The molecular formula is C32H51N3O6. The Morgan fingerprint density at radius 3 is 2.49 bits per heavy atom. The number of likely N-dealkylation sites (tertiary alicyclic amines) is 1. The molecule has 3 rings (SSSR count). The molecule has 2 aliphatic rings. The molecular weight excluding hydrogens is 522 g/mol. The predicted octanol–water partition coefficient (Wildman–Crippen LogP) is 4.86. The third-order valence-electron chi connectivity index (χ3n) is 8.25. The molecule has 1 aromatic rings. The lowest BCUT2D eigenvalue weighted by atomic mass is 9.77. The maximum Gasteiger partial charge on any atom is 0.308 e. The number of carboxylic acid groups (broad SMARTS) is 1. The van der Waals surface area contributed by atoms with Gasteiger partial charge in [-0.25, -0.2) is 0 Å². The highest BCUT2D eigenvalue weighted by atomic mass is 16.7. The fourth-order valence-electron chi connectivity index (χ4n) is 6.22. The summed E-state index contributed by atoms with van der Waals surface area (Å²) in [5.41, 5.74) is 0.595. The second-order valence-electron chi connectivity index (χ2n) is 12.4. The molecule has 0 bridgehead atoms. The lowest BCUT2D eigenvalue weighted by molar-refractivity contribution is -0.144. The summed E-state index contributed by atoms with van der Waals surface area (Å²) in [6.45, 7) is 11.6. The second kappa shape index (κ2) is 14.9. The first-order chi connectivity index (χ1) is 19.5. The summed E-state index contributed by atoms with van der Waals surface area (Å²) >= 11 is 0. The van der Waals surface area contributed by atoms with E-state index in [1.807, 2.05) is 30.0 Å². The van der Waals surface area contributed by atoms with Crippen LogP contribution in [0.2, 0.25) is 0 Å². The number of hydrogen-bond acceptors (Lipinski definition) is 7. The van der Waals surface area contributed by atoms with E-state index in [0.29, 0.717) is 30.2 Å². The van der Waals surface area contributed by atoms with Crippen molar-refractivity contribution in [3.05, 3.63) is 29.8 Å². The zero-order chi connectivity index (χ0) is 30.2. The number of methoxy groups -OCH3 is 1. The molecule has 0 aliphatic carbocycles. The second-order valence-corrected chi connectivity index (χ2v) is 12.4. The number of nitrogens with zero attached hydrogens (tertiary/aromatic N) is 3. The SMILES string of the molecule is CC=CC(C)(C)C[C@H]1[C@H](C(=O)O)[C@@H](c2cc(OC)c3c(c2)OCO3)CN1CC(=O)N(CCCC)CCCCN(C)C. The number of carbonyl (C=O) groups is 2. The van der Waals surface area contributed by atoms with Crippen LogP contribution in [0.25, 0.3) is 0 Å². The van der Waals surface area contributed by atoms with Gasteiger partial charge in [-0.2, -0.15) is 0 Å². The summed E-state index contributed by atoms with van der Waals surface area (Å²) in [6, 6.07) is 3.43. The van der Waals surface area contributed by atoms with Crippen molar-refractivity contribution in [3.8, 4) is 17.2 Å². The predicted molar refractivity (Wildman–Crippen MR) is 161 cm³/mol. The molecule has 1 aromatic carbocycles. The van der Waals surface area contributed by atoms with Gasteiger partial charge in [0.1, 0.15) is 0 Å². The number of benzene rings is 1. The molecule has 230 valence electrons. The number of ether oxygens (including phenoxy) is 3. The van der Waals surface area contributed by atoms with Gasteiger partial charge in [-0.3, -0.25) is 14.5 Å². The first-order valence-corrected chi connectivity index (χ1v) is 15.0. The summed E-state index contributed by atoms with van der Waals surface area (Å²) in [4.78, 5) is 33.0. The number of aliphatic carboxylic acids is 1. The lowest BCUT2D eigenvalue weighted by Crippen LogP contribution is -2.46. The number of hydrogen-bond donors (Lipinski definition) is 1. The molecule has 9 heteroatoms. The van der Waals surface area contributed by atoms with Gasteiger partial charge in [0.15, 0.2) is 11.5 Å². The Bertz CT molecular complexity index is 1060. The highest BCUT2D eigenvalue weighted by Gasteiger charge is 2.49. The van der Waals surface area contributed by atoms with E-state index in [1.165, 1.54) is 0 Å². The van der Waals surface area contributed by atoms with Gasteiger partial charge in [-0.1, -0.05) is 39.3 Å². The summed E-state index contributed by atoms with van der Waals surface area (Å²) in [5.74, 6) is -0.171. The van der Waals surface area contributed by atoms with E-state index >= 15 is 0 Å². The van der Waals surface area contributed by atoms with Gasteiger partial charge in [0.25, 0.3) is 0 Å². The van der Waals surface area contributed by atoms with Crippen LogP contribution in [0.3, 0.4) is 0 Å². The van der Waals surface area contributed by atoms with Crippen LogP contribution in [-0.2, 0) is 9.59 Å². The van der Waals surface area contributed by atoms with Crippen molar-refractivity contribution in [2.24, 2.45) is 11.3 Å². The summed E-state index contributed by atoms with van der Waals surface area (Å²) in [6.07, 6.45) is 8.71. The molecule has 0 spiro atoms. The van der Waals surface area contributed by atoms with Crippen molar-refractivity contribution in [2.75, 3.05) is 60.7 Å². The van der Waals surface area contributed by atoms with Crippen LogP contribution in [0.15, 0.2) is 24.3 Å². The average molecular weight is 574 g/mol. The molecule has 1 N–H and O–H groups in total. The summed E-state index contributed by atoms with van der Waals surface area (Å²) in [7, 11) is 5.70. The molecule has 1 amide bonds. The van der Waals surface area contributed by atoms with Crippen molar-refractivity contribution in [1.82, 2.24) is 14.7 Å². The number of fused-ring (bicyclic) bond motifs is 1. The minimum atomic E-state index is -0.852.